The first-order valence-electron chi connectivity index (χ1n) is 17.4. The van der Waals surface area contributed by atoms with Gasteiger partial charge in [-0.05, 0) is 67.0 Å². The molecule has 9 heteroatoms. The number of ketones is 1. The maximum Gasteiger partial charge on any atom is 0.309 e. The molecule has 0 radical (unpaired) electrons. The van der Waals surface area contributed by atoms with Crippen LogP contribution in [0.15, 0.2) is 60.7 Å². The van der Waals surface area contributed by atoms with Gasteiger partial charge in [-0.25, -0.2) is 0 Å². The van der Waals surface area contributed by atoms with E-state index < -0.39 is 5.97 Å². The van der Waals surface area contributed by atoms with Crippen molar-refractivity contribution >= 4 is 35.0 Å². The van der Waals surface area contributed by atoms with Crippen molar-refractivity contribution < 1.29 is 24.2 Å². The number of carbonyl (C=O) groups excluding carboxylic acids is 1. The van der Waals surface area contributed by atoms with Crippen LogP contribution in [0.4, 0.5) is 0 Å². The molecule has 2 fully saturated rings. The van der Waals surface area contributed by atoms with Crippen LogP contribution in [-0.2, 0) is 22.4 Å². The van der Waals surface area contributed by atoms with Gasteiger partial charge in [0.25, 0.3) is 0 Å². The topological polar surface area (TPSA) is 79.3 Å². The van der Waals surface area contributed by atoms with Gasteiger partial charge in [-0.2, -0.15) is 0 Å². The number of aryl methyl sites for hydroxylation is 2. The summed E-state index contributed by atoms with van der Waals surface area (Å²) in [6.45, 7) is 4.44. The van der Waals surface area contributed by atoms with Crippen LogP contribution >= 0.6 is 23.2 Å². The highest BCUT2D eigenvalue weighted by molar-refractivity contribution is 6.39. The van der Waals surface area contributed by atoms with E-state index in [0.29, 0.717) is 23.1 Å². The van der Waals surface area contributed by atoms with E-state index in [-0.39, 0.29) is 29.7 Å². The number of benzene rings is 4. The van der Waals surface area contributed by atoms with Crippen molar-refractivity contribution in [3.05, 3.63) is 93.0 Å². The Hall–Kier alpha value is -3.88. The van der Waals surface area contributed by atoms with Gasteiger partial charge in [-0.3, -0.25) is 19.4 Å². The Morgan fingerprint density at radius 2 is 1.10 bits per heavy atom. The van der Waals surface area contributed by atoms with Crippen molar-refractivity contribution in [2.75, 3.05) is 40.4 Å². The average Bonchev–Trinajstić information content (AvgIpc) is 3.67. The van der Waals surface area contributed by atoms with Crippen molar-refractivity contribution in [3.63, 3.8) is 0 Å². The van der Waals surface area contributed by atoms with E-state index in [1.165, 1.54) is 16.7 Å². The molecule has 8 rings (SSSR count). The third-order valence-electron chi connectivity index (χ3n) is 11.5. The molecule has 2 atom stereocenters. The number of ether oxygens (including phenoxy) is 2. The Balaban J connectivity index is 1.11. The Bertz CT molecular complexity index is 1890. The number of rotatable bonds is 9. The van der Waals surface area contributed by atoms with Crippen LogP contribution in [0.2, 0.25) is 10.0 Å². The predicted octanol–water partition coefficient (Wildman–Crippen LogP) is 8.52. The summed E-state index contributed by atoms with van der Waals surface area (Å²) in [6, 6.07) is 21.1. The lowest BCUT2D eigenvalue weighted by Gasteiger charge is -2.42. The Kier molecular flexibility index (Phi) is 8.67. The summed E-state index contributed by atoms with van der Waals surface area (Å²) in [4.78, 5) is 28.0. The fourth-order valence-electron chi connectivity index (χ4n) is 8.66. The standard InChI is InChI=1S/C41H40Cl2N2O5/c1-22(46)27-18-44(19-27)33-12-10-23-14-25(16-35(49-2)37(23)33)29-6-4-8-31(39(29)42)32-9-5-7-30(40(32)43)26-15-24-11-13-34(38(24)36(17-26)50-3)45-20-28(21-45)41(47)48/h4-9,14-17,27-28,33-34H,10-13,18-21H2,1-3H3,(H,47,48). The highest BCUT2D eigenvalue weighted by atomic mass is 35.5. The Morgan fingerprint density at radius 3 is 1.50 bits per heavy atom. The molecule has 50 heavy (non-hydrogen) atoms. The van der Waals surface area contributed by atoms with Crippen LogP contribution in [0, 0.1) is 11.8 Å². The van der Waals surface area contributed by atoms with Gasteiger partial charge in [-0.15, -0.1) is 0 Å². The number of nitrogens with zero attached hydrogens (tertiary/aromatic N) is 2. The molecule has 2 aliphatic carbocycles. The molecule has 7 nitrogen and oxygen atoms in total. The van der Waals surface area contributed by atoms with Crippen LogP contribution in [0.25, 0.3) is 33.4 Å². The van der Waals surface area contributed by atoms with E-state index in [4.69, 9.17) is 32.7 Å². The number of aliphatic carboxylic acids is 1. The van der Waals surface area contributed by atoms with Gasteiger partial charge in [0.2, 0.25) is 0 Å². The van der Waals surface area contributed by atoms with Gasteiger partial charge < -0.3 is 14.6 Å². The first-order valence-corrected chi connectivity index (χ1v) is 18.1. The van der Waals surface area contributed by atoms with Gasteiger partial charge in [0.1, 0.15) is 17.3 Å². The zero-order chi connectivity index (χ0) is 34.8. The second kappa shape index (κ2) is 13.0. The number of carbonyl (C=O) groups is 2. The first-order chi connectivity index (χ1) is 24.2. The van der Waals surface area contributed by atoms with E-state index in [0.717, 1.165) is 89.2 Å². The summed E-state index contributed by atoms with van der Waals surface area (Å²) in [5, 5.41) is 10.6. The van der Waals surface area contributed by atoms with E-state index in [1.54, 1.807) is 21.1 Å². The molecule has 0 saturated carbocycles. The highest BCUT2D eigenvalue weighted by Crippen LogP contribution is 2.50. The summed E-state index contributed by atoms with van der Waals surface area (Å²) < 4.78 is 11.9. The van der Waals surface area contributed by atoms with E-state index in [2.05, 4.69) is 34.1 Å². The smallest absolute Gasteiger partial charge is 0.309 e. The predicted molar refractivity (Wildman–Crippen MR) is 196 cm³/mol. The molecule has 4 aromatic rings. The minimum absolute atomic E-state index is 0.138. The number of carboxylic acids is 1. The number of hydrogen-bond acceptors (Lipinski definition) is 6. The normalized spacial score (nSPS) is 20.6. The van der Waals surface area contributed by atoms with Crippen molar-refractivity contribution in [1.82, 2.24) is 9.80 Å². The molecule has 0 aromatic heterocycles. The zero-order valence-electron chi connectivity index (χ0n) is 28.5. The molecule has 2 heterocycles. The number of Topliss-reactive ketones (excluding diaryl/α,β-unsaturated/α-hetero) is 1. The minimum atomic E-state index is -0.727. The lowest BCUT2D eigenvalue weighted by atomic mass is 9.91. The van der Waals surface area contributed by atoms with Crippen LogP contribution in [0.3, 0.4) is 0 Å². The maximum absolute atomic E-state index is 11.9. The van der Waals surface area contributed by atoms with Gasteiger partial charge >= 0.3 is 5.97 Å². The SMILES string of the molecule is COc1cc(-c2cccc(-c3cccc(-c4cc5c(c(OC)c4)C(N4CC(C(=O)O)C4)CC5)c3Cl)c2Cl)cc2c1C(N1CC(C(C)=O)C1)CC2. The molecule has 2 unspecified atom stereocenters. The van der Waals surface area contributed by atoms with Crippen molar-refractivity contribution in [1.29, 1.82) is 0 Å². The average molecular weight is 712 g/mol. The molecular formula is C41H40Cl2N2O5. The molecule has 0 bridgehead atoms. The molecule has 2 saturated heterocycles. The minimum Gasteiger partial charge on any atom is -0.496 e. The number of halogens is 2. The molecule has 4 aliphatic rings. The molecule has 258 valence electrons. The number of likely N-dealkylation sites (tertiary alicyclic amines) is 2. The van der Waals surface area contributed by atoms with Gasteiger partial charge in [0.15, 0.2) is 0 Å². The van der Waals surface area contributed by atoms with Crippen LogP contribution < -0.4 is 9.47 Å². The quantitative estimate of drug-likeness (QED) is 0.187. The van der Waals surface area contributed by atoms with Gasteiger partial charge in [-0.1, -0.05) is 71.7 Å². The van der Waals surface area contributed by atoms with Crippen molar-refractivity contribution in [2.45, 2.75) is 44.7 Å². The summed E-state index contributed by atoms with van der Waals surface area (Å²) in [5.41, 5.74) is 10.3. The van der Waals surface area contributed by atoms with E-state index in [9.17, 15) is 14.7 Å². The number of methoxy groups -OCH3 is 2. The molecule has 0 amide bonds. The summed E-state index contributed by atoms with van der Waals surface area (Å²) in [6.07, 6.45) is 3.78. The van der Waals surface area contributed by atoms with E-state index in [1.807, 2.05) is 36.4 Å². The second-order valence-corrected chi connectivity index (χ2v) is 15.0. The summed E-state index contributed by atoms with van der Waals surface area (Å²) in [7, 11) is 3.41. The van der Waals surface area contributed by atoms with Gasteiger partial charge in [0.05, 0.1) is 30.2 Å². The lowest BCUT2D eigenvalue weighted by molar-refractivity contribution is -0.148. The third kappa shape index (κ3) is 5.50. The molecule has 1 N–H and O–H groups in total. The van der Waals surface area contributed by atoms with Crippen molar-refractivity contribution in [2.24, 2.45) is 11.8 Å². The largest absolute Gasteiger partial charge is 0.496 e. The molecule has 0 spiro atoms. The third-order valence-corrected chi connectivity index (χ3v) is 12.3. The van der Waals surface area contributed by atoms with Gasteiger partial charge in [0, 0.05) is 77.6 Å². The lowest BCUT2D eigenvalue weighted by Crippen LogP contribution is -2.51. The molecule has 2 aliphatic heterocycles. The van der Waals surface area contributed by atoms with Crippen molar-refractivity contribution in [3.8, 4) is 44.9 Å². The van der Waals surface area contributed by atoms with E-state index >= 15 is 0 Å². The Labute approximate surface area is 302 Å². The number of carboxylic acid groups (broad SMARTS) is 1. The van der Waals surface area contributed by atoms with Crippen LogP contribution in [-0.4, -0.2) is 67.1 Å². The van der Waals surface area contributed by atoms with Crippen LogP contribution in [0.5, 0.6) is 11.5 Å². The van der Waals surface area contributed by atoms with Crippen LogP contribution in [0.1, 0.15) is 54.1 Å². The first kappa shape index (κ1) is 33.3. The monoisotopic (exact) mass is 710 g/mol. The fraction of sp³-hybridized carbons (Fsp3) is 0.366. The second-order valence-electron chi connectivity index (χ2n) is 14.2. The maximum atomic E-state index is 11.9. The number of hydrogen-bond donors (Lipinski definition) is 1. The molecular weight excluding hydrogens is 671 g/mol. The summed E-state index contributed by atoms with van der Waals surface area (Å²) >= 11 is 14.5. The Morgan fingerprint density at radius 1 is 0.680 bits per heavy atom. The zero-order valence-corrected chi connectivity index (χ0v) is 30.0. The number of fused-ring (bicyclic) bond motifs is 2. The highest BCUT2D eigenvalue weighted by Gasteiger charge is 2.42. The summed E-state index contributed by atoms with van der Waals surface area (Å²) in [5.74, 6) is 1.04. The molecule has 4 aromatic carbocycles. The fourth-order valence-corrected chi connectivity index (χ4v) is 9.34.